The lowest BCUT2D eigenvalue weighted by molar-refractivity contribution is 0.0943. The van der Waals surface area contributed by atoms with Crippen LogP contribution < -0.4 is 16.4 Å². The minimum atomic E-state index is -0.127. The summed E-state index contributed by atoms with van der Waals surface area (Å²) in [5.74, 6) is 1.73. The Morgan fingerprint density at radius 2 is 2.00 bits per heavy atom. The van der Waals surface area contributed by atoms with Crippen LogP contribution in [0.15, 0.2) is 43.0 Å². The molecule has 0 aromatic carbocycles. The van der Waals surface area contributed by atoms with E-state index < -0.39 is 0 Å². The fourth-order valence-electron chi connectivity index (χ4n) is 3.83. The van der Waals surface area contributed by atoms with Gasteiger partial charge in [0.15, 0.2) is 5.65 Å². The number of hydrogen-bond donors (Lipinski definition) is 3. The van der Waals surface area contributed by atoms with Gasteiger partial charge in [0.1, 0.15) is 11.4 Å². The summed E-state index contributed by atoms with van der Waals surface area (Å²) in [6.45, 7) is 2.06. The van der Waals surface area contributed by atoms with E-state index in [1.54, 1.807) is 23.1 Å². The SMILES string of the molecule is NCC1CCC(CNC(=O)c2cnn3ccc(NCc4cccnc4)nc23)CC1. The summed E-state index contributed by atoms with van der Waals surface area (Å²) in [5.41, 5.74) is 7.86. The van der Waals surface area contributed by atoms with Crippen LogP contribution in [-0.4, -0.2) is 38.6 Å². The summed E-state index contributed by atoms with van der Waals surface area (Å²) in [6.07, 6.45) is 11.5. The Bertz CT molecular complexity index is 948. The molecular formula is C21H27N7O. The highest BCUT2D eigenvalue weighted by molar-refractivity contribution is 5.99. The van der Waals surface area contributed by atoms with E-state index in [0.717, 1.165) is 37.8 Å². The molecular weight excluding hydrogens is 366 g/mol. The molecule has 152 valence electrons. The molecule has 0 atom stereocenters. The molecule has 1 fully saturated rings. The monoisotopic (exact) mass is 393 g/mol. The summed E-state index contributed by atoms with van der Waals surface area (Å²) in [4.78, 5) is 21.4. The van der Waals surface area contributed by atoms with Gasteiger partial charge in [-0.25, -0.2) is 9.50 Å². The lowest BCUT2D eigenvalue weighted by atomic mass is 9.82. The number of anilines is 1. The van der Waals surface area contributed by atoms with Gasteiger partial charge < -0.3 is 16.4 Å². The molecule has 1 amide bonds. The average molecular weight is 393 g/mol. The maximum absolute atomic E-state index is 12.7. The van der Waals surface area contributed by atoms with Crippen LogP contribution >= 0.6 is 0 Å². The standard InChI is InChI=1S/C21H27N7O/c22-10-15-3-5-16(6-4-15)12-25-21(29)18-14-26-28-9-7-19(27-20(18)28)24-13-17-2-1-8-23-11-17/h1-2,7-9,11,14-16H,3-6,10,12-13,22H2,(H,24,27)(H,25,29). The highest BCUT2D eigenvalue weighted by Crippen LogP contribution is 2.27. The number of amides is 1. The van der Waals surface area contributed by atoms with Gasteiger partial charge in [-0.3, -0.25) is 9.78 Å². The first-order chi connectivity index (χ1) is 14.2. The number of carbonyl (C=O) groups excluding carboxylic acids is 1. The van der Waals surface area contributed by atoms with E-state index in [1.807, 2.05) is 24.4 Å². The van der Waals surface area contributed by atoms with Crippen LogP contribution in [0.1, 0.15) is 41.6 Å². The highest BCUT2D eigenvalue weighted by atomic mass is 16.1. The molecule has 3 heterocycles. The van der Waals surface area contributed by atoms with Crippen molar-refractivity contribution in [3.05, 3.63) is 54.1 Å². The Labute approximate surface area is 169 Å². The number of nitrogens with one attached hydrogen (secondary N) is 2. The second kappa shape index (κ2) is 9.00. The van der Waals surface area contributed by atoms with Gasteiger partial charge in [-0.15, -0.1) is 0 Å². The molecule has 1 saturated carbocycles. The molecule has 0 bridgehead atoms. The van der Waals surface area contributed by atoms with Crippen LogP contribution in [0.25, 0.3) is 5.65 Å². The van der Waals surface area contributed by atoms with E-state index in [1.165, 1.54) is 0 Å². The fourth-order valence-corrected chi connectivity index (χ4v) is 3.83. The Morgan fingerprint density at radius 1 is 1.17 bits per heavy atom. The Kier molecular flexibility index (Phi) is 6.00. The normalized spacial score (nSPS) is 19.2. The molecule has 4 rings (SSSR count). The van der Waals surface area contributed by atoms with Gasteiger partial charge in [0.25, 0.3) is 5.91 Å². The zero-order valence-corrected chi connectivity index (χ0v) is 16.4. The first-order valence-corrected chi connectivity index (χ1v) is 10.2. The zero-order chi connectivity index (χ0) is 20.1. The summed E-state index contributed by atoms with van der Waals surface area (Å²) in [5, 5.41) is 10.6. The van der Waals surface area contributed by atoms with Crippen LogP contribution in [0.5, 0.6) is 0 Å². The highest BCUT2D eigenvalue weighted by Gasteiger charge is 2.21. The predicted octanol–water partition coefficient (Wildman–Crippen LogP) is 2.23. The Hall–Kier alpha value is -3.00. The van der Waals surface area contributed by atoms with Gasteiger partial charge in [-0.1, -0.05) is 6.07 Å². The second-order valence-corrected chi connectivity index (χ2v) is 7.69. The minimum Gasteiger partial charge on any atom is -0.366 e. The molecule has 8 heteroatoms. The van der Waals surface area contributed by atoms with Gasteiger partial charge in [0, 0.05) is 31.7 Å². The number of aromatic nitrogens is 4. The topological polar surface area (TPSA) is 110 Å². The summed E-state index contributed by atoms with van der Waals surface area (Å²) < 4.78 is 1.62. The van der Waals surface area contributed by atoms with Gasteiger partial charge in [-0.05, 0) is 61.8 Å². The van der Waals surface area contributed by atoms with E-state index in [-0.39, 0.29) is 5.91 Å². The quantitative estimate of drug-likeness (QED) is 0.568. The lowest BCUT2D eigenvalue weighted by Crippen LogP contribution is -2.32. The van der Waals surface area contributed by atoms with Gasteiger partial charge in [0.05, 0.1) is 6.20 Å². The van der Waals surface area contributed by atoms with Crippen molar-refractivity contribution in [1.82, 2.24) is 24.9 Å². The van der Waals surface area contributed by atoms with Gasteiger partial charge in [0.2, 0.25) is 0 Å². The molecule has 8 nitrogen and oxygen atoms in total. The molecule has 29 heavy (non-hydrogen) atoms. The number of fused-ring (bicyclic) bond motifs is 1. The number of pyridine rings is 1. The predicted molar refractivity (Wildman–Crippen MR) is 111 cm³/mol. The molecule has 3 aromatic rings. The van der Waals surface area contributed by atoms with Crippen molar-refractivity contribution in [3.8, 4) is 0 Å². The third-order valence-corrected chi connectivity index (χ3v) is 5.66. The van der Waals surface area contributed by atoms with Crippen molar-refractivity contribution in [2.75, 3.05) is 18.4 Å². The van der Waals surface area contributed by atoms with Crippen molar-refractivity contribution in [2.24, 2.45) is 17.6 Å². The maximum Gasteiger partial charge on any atom is 0.256 e. The minimum absolute atomic E-state index is 0.127. The van der Waals surface area contributed by atoms with Crippen LogP contribution in [0, 0.1) is 11.8 Å². The molecule has 0 saturated heterocycles. The van der Waals surface area contributed by atoms with Crippen LogP contribution in [0.3, 0.4) is 0 Å². The third-order valence-electron chi connectivity index (χ3n) is 5.66. The number of carbonyl (C=O) groups is 1. The molecule has 0 spiro atoms. The molecule has 4 N–H and O–H groups in total. The summed E-state index contributed by atoms with van der Waals surface area (Å²) in [7, 11) is 0. The maximum atomic E-state index is 12.7. The zero-order valence-electron chi connectivity index (χ0n) is 16.4. The first-order valence-electron chi connectivity index (χ1n) is 10.2. The van der Waals surface area contributed by atoms with E-state index in [2.05, 4.69) is 25.7 Å². The number of hydrogen-bond acceptors (Lipinski definition) is 6. The van der Waals surface area contributed by atoms with E-state index >= 15 is 0 Å². The van der Waals surface area contributed by atoms with E-state index in [4.69, 9.17) is 5.73 Å². The molecule has 0 radical (unpaired) electrons. The second-order valence-electron chi connectivity index (χ2n) is 7.69. The lowest BCUT2D eigenvalue weighted by Gasteiger charge is -2.27. The van der Waals surface area contributed by atoms with E-state index in [9.17, 15) is 4.79 Å². The van der Waals surface area contributed by atoms with Crippen molar-refractivity contribution < 1.29 is 4.79 Å². The number of rotatable bonds is 7. The van der Waals surface area contributed by atoms with Gasteiger partial charge >= 0.3 is 0 Å². The Balaban J connectivity index is 1.38. The van der Waals surface area contributed by atoms with Crippen molar-refractivity contribution in [3.63, 3.8) is 0 Å². The first kappa shape index (κ1) is 19.3. The summed E-state index contributed by atoms with van der Waals surface area (Å²) >= 11 is 0. The molecule has 1 aliphatic rings. The summed E-state index contributed by atoms with van der Waals surface area (Å²) in [6, 6.07) is 5.74. The van der Waals surface area contributed by atoms with Crippen LogP contribution in [0.4, 0.5) is 5.82 Å². The van der Waals surface area contributed by atoms with Crippen molar-refractivity contribution in [2.45, 2.75) is 32.2 Å². The van der Waals surface area contributed by atoms with Crippen LogP contribution in [0.2, 0.25) is 0 Å². The van der Waals surface area contributed by atoms with Crippen molar-refractivity contribution in [1.29, 1.82) is 0 Å². The van der Waals surface area contributed by atoms with Crippen LogP contribution in [-0.2, 0) is 6.54 Å². The molecule has 3 aromatic heterocycles. The fraction of sp³-hybridized carbons (Fsp3) is 0.429. The molecule has 0 aliphatic heterocycles. The largest absolute Gasteiger partial charge is 0.366 e. The third kappa shape index (κ3) is 4.71. The Morgan fingerprint density at radius 3 is 2.76 bits per heavy atom. The average Bonchev–Trinajstić information content (AvgIpc) is 3.20. The van der Waals surface area contributed by atoms with Gasteiger partial charge in [-0.2, -0.15) is 5.10 Å². The smallest absolute Gasteiger partial charge is 0.256 e. The van der Waals surface area contributed by atoms with Crippen molar-refractivity contribution >= 4 is 17.4 Å². The molecule has 0 unspecified atom stereocenters. The number of nitrogens with zero attached hydrogens (tertiary/aromatic N) is 4. The number of nitrogens with two attached hydrogens (primary N) is 1. The van der Waals surface area contributed by atoms with E-state index in [0.29, 0.717) is 42.0 Å². The molecule has 1 aliphatic carbocycles.